The molecule has 1 saturated heterocycles. The van der Waals surface area contributed by atoms with Gasteiger partial charge < -0.3 is 10.2 Å². The lowest BCUT2D eigenvalue weighted by atomic mass is 9.45. The van der Waals surface area contributed by atoms with Crippen molar-refractivity contribution in [2.45, 2.75) is 90.6 Å². The molecule has 2 unspecified atom stereocenters. The second-order valence-corrected chi connectivity index (χ2v) is 11.4. The van der Waals surface area contributed by atoms with Crippen LogP contribution in [0, 0.1) is 46.8 Å². The summed E-state index contributed by atoms with van der Waals surface area (Å²) in [7, 11) is 1.95. The summed E-state index contributed by atoms with van der Waals surface area (Å²) in [4.78, 5) is 28.3. The van der Waals surface area contributed by atoms with Crippen molar-refractivity contribution in [2.24, 2.45) is 34.5 Å². The van der Waals surface area contributed by atoms with E-state index in [0.29, 0.717) is 23.7 Å². The van der Waals surface area contributed by atoms with Crippen molar-refractivity contribution in [1.29, 1.82) is 0 Å². The fourth-order valence-corrected chi connectivity index (χ4v) is 7.98. The van der Waals surface area contributed by atoms with Crippen LogP contribution in [0.5, 0.6) is 0 Å². The number of terminal acetylenes is 1. The number of fused-ring (bicyclic) bond motifs is 5. The van der Waals surface area contributed by atoms with Gasteiger partial charge >= 0.3 is 0 Å². The third-order valence-electron chi connectivity index (χ3n) is 9.61. The molecular formula is C25H38N2O2. The summed E-state index contributed by atoms with van der Waals surface area (Å²) in [6, 6.07) is 0.153. The minimum Gasteiger partial charge on any atom is -0.342 e. The van der Waals surface area contributed by atoms with E-state index in [-0.39, 0.29) is 29.2 Å². The van der Waals surface area contributed by atoms with Crippen molar-refractivity contribution in [3.63, 3.8) is 0 Å². The lowest BCUT2D eigenvalue weighted by Gasteiger charge is -2.63. The third kappa shape index (κ3) is 3.03. The van der Waals surface area contributed by atoms with E-state index in [1.165, 1.54) is 38.5 Å². The maximum Gasteiger partial charge on any atom is 0.225 e. The summed E-state index contributed by atoms with van der Waals surface area (Å²) in [6.45, 7) is 8.54. The zero-order valence-corrected chi connectivity index (χ0v) is 18.9. The van der Waals surface area contributed by atoms with Gasteiger partial charge in [-0.05, 0) is 75.5 Å². The van der Waals surface area contributed by atoms with E-state index < -0.39 is 5.54 Å². The fraction of sp³-hybridized carbons (Fsp3) is 0.840. The maximum atomic E-state index is 13.5. The van der Waals surface area contributed by atoms with E-state index in [9.17, 15) is 9.59 Å². The van der Waals surface area contributed by atoms with Gasteiger partial charge in [-0.3, -0.25) is 9.59 Å². The first-order valence-electron chi connectivity index (χ1n) is 11.6. The Morgan fingerprint density at radius 3 is 2.59 bits per heavy atom. The van der Waals surface area contributed by atoms with E-state index in [1.54, 1.807) is 0 Å². The van der Waals surface area contributed by atoms with Crippen LogP contribution in [-0.2, 0) is 9.59 Å². The standard InChI is InChI=1S/C25H38N2O2/c1-7-23(2,3)26-22(29)19-15-21(28)27(6)20-11-10-16-17-9-8-13-24(17,4)14-12-18(16)25(19,20)5/h1,16-20H,8-15H2,2-6H3,(H,26,29)/t16-,17-,18+,19?,20?,24-,25-/m0/s1. The topological polar surface area (TPSA) is 49.4 Å². The van der Waals surface area contributed by atoms with Crippen LogP contribution in [0.25, 0.3) is 0 Å². The molecule has 4 heteroatoms. The van der Waals surface area contributed by atoms with Crippen LogP contribution in [0.3, 0.4) is 0 Å². The molecule has 29 heavy (non-hydrogen) atoms. The van der Waals surface area contributed by atoms with Crippen molar-refractivity contribution < 1.29 is 9.59 Å². The summed E-state index contributed by atoms with van der Waals surface area (Å²) in [5.41, 5.74) is -0.381. The average Bonchev–Trinajstić information content (AvgIpc) is 3.06. The molecule has 0 aromatic carbocycles. The molecule has 2 amide bonds. The van der Waals surface area contributed by atoms with E-state index in [2.05, 4.69) is 25.1 Å². The Bertz CT molecular complexity index is 752. The number of likely N-dealkylation sites (tertiary alicyclic amines) is 1. The molecule has 4 nitrogen and oxygen atoms in total. The highest BCUT2D eigenvalue weighted by Gasteiger charge is 2.63. The number of nitrogens with zero attached hydrogens (tertiary/aromatic N) is 1. The highest BCUT2D eigenvalue weighted by Crippen LogP contribution is 2.65. The van der Waals surface area contributed by atoms with Gasteiger partial charge in [-0.15, -0.1) is 6.42 Å². The monoisotopic (exact) mass is 398 g/mol. The quantitative estimate of drug-likeness (QED) is 0.715. The zero-order valence-electron chi connectivity index (χ0n) is 18.9. The molecular weight excluding hydrogens is 360 g/mol. The number of amides is 2. The summed E-state index contributed by atoms with van der Waals surface area (Å²) in [5, 5.41) is 3.07. The van der Waals surface area contributed by atoms with Crippen LogP contribution in [0.4, 0.5) is 0 Å². The van der Waals surface area contributed by atoms with Crippen molar-refractivity contribution in [3.8, 4) is 12.3 Å². The number of hydrogen-bond donors (Lipinski definition) is 1. The fourth-order valence-electron chi connectivity index (χ4n) is 7.98. The van der Waals surface area contributed by atoms with E-state index in [1.807, 2.05) is 25.8 Å². The van der Waals surface area contributed by atoms with Crippen molar-refractivity contribution in [2.75, 3.05) is 7.05 Å². The van der Waals surface area contributed by atoms with Gasteiger partial charge in [0, 0.05) is 24.9 Å². The second kappa shape index (κ2) is 6.76. The Morgan fingerprint density at radius 2 is 1.90 bits per heavy atom. The van der Waals surface area contributed by atoms with Gasteiger partial charge in [-0.25, -0.2) is 0 Å². The average molecular weight is 399 g/mol. The minimum absolute atomic E-state index is 0.0256. The summed E-state index contributed by atoms with van der Waals surface area (Å²) in [6.07, 6.45) is 14.7. The summed E-state index contributed by atoms with van der Waals surface area (Å²) in [5.74, 6) is 4.45. The van der Waals surface area contributed by atoms with Crippen LogP contribution in [0.2, 0.25) is 0 Å². The molecule has 7 atom stereocenters. The number of piperidine rings is 1. The molecule has 1 N–H and O–H groups in total. The molecule has 0 bridgehead atoms. The van der Waals surface area contributed by atoms with E-state index in [0.717, 1.165) is 12.3 Å². The van der Waals surface area contributed by atoms with Gasteiger partial charge in [-0.2, -0.15) is 0 Å². The van der Waals surface area contributed by atoms with Crippen LogP contribution in [-0.4, -0.2) is 35.3 Å². The smallest absolute Gasteiger partial charge is 0.225 e. The van der Waals surface area contributed by atoms with Crippen LogP contribution in [0.15, 0.2) is 0 Å². The molecule has 1 heterocycles. The first-order valence-corrected chi connectivity index (χ1v) is 11.6. The normalized spacial score (nSPS) is 44.3. The van der Waals surface area contributed by atoms with Crippen molar-refractivity contribution >= 4 is 11.8 Å². The Kier molecular flexibility index (Phi) is 4.84. The molecule has 0 radical (unpaired) electrons. The van der Waals surface area contributed by atoms with Gasteiger partial charge in [0.25, 0.3) is 0 Å². The number of nitrogens with one attached hydrogen (secondary N) is 1. The minimum atomic E-state index is -0.694. The zero-order chi connectivity index (χ0) is 21.2. The molecule has 160 valence electrons. The number of carbonyl (C=O) groups is 2. The molecule has 4 rings (SSSR count). The van der Waals surface area contributed by atoms with Gasteiger partial charge in [0.05, 0.1) is 11.5 Å². The molecule has 3 saturated carbocycles. The molecule has 0 aromatic heterocycles. The summed E-state index contributed by atoms with van der Waals surface area (Å²) < 4.78 is 0. The van der Waals surface area contributed by atoms with Crippen LogP contribution in [0.1, 0.15) is 79.1 Å². The molecule has 4 fully saturated rings. The lowest BCUT2D eigenvalue weighted by molar-refractivity contribution is -0.176. The Hall–Kier alpha value is -1.50. The predicted molar refractivity (Wildman–Crippen MR) is 115 cm³/mol. The Labute approximate surface area is 176 Å². The van der Waals surface area contributed by atoms with E-state index in [4.69, 9.17) is 6.42 Å². The van der Waals surface area contributed by atoms with Crippen LogP contribution < -0.4 is 5.32 Å². The number of carbonyl (C=O) groups excluding carboxylic acids is 2. The predicted octanol–water partition coefficient (Wildman–Crippen LogP) is 3.99. The molecule has 1 aliphatic heterocycles. The third-order valence-corrected chi connectivity index (χ3v) is 9.61. The maximum absolute atomic E-state index is 13.5. The largest absolute Gasteiger partial charge is 0.342 e. The van der Waals surface area contributed by atoms with Gasteiger partial charge in [0.1, 0.15) is 0 Å². The second-order valence-electron chi connectivity index (χ2n) is 11.4. The number of hydrogen-bond acceptors (Lipinski definition) is 2. The molecule has 0 aromatic rings. The van der Waals surface area contributed by atoms with Crippen molar-refractivity contribution in [3.05, 3.63) is 0 Å². The number of rotatable bonds is 2. The first-order chi connectivity index (χ1) is 13.5. The highest BCUT2D eigenvalue weighted by molar-refractivity contribution is 5.88. The van der Waals surface area contributed by atoms with Gasteiger partial charge in [0.2, 0.25) is 11.8 Å². The molecule has 3 aliphatic carbocycles. The lowest BCUT2D eigenvalue weighted by Crippen LogP contribution is -2.67. The SMILES string of the molecule is C#CC(C)(C)NC(=O)C1CC(=O)N(C)C2CC[C@@H]3[C@@H](CC[C@]4(C)CCC[C@@H]34)[C@@]12C. The Morgan fingerprint density at radius 1 is 1.17 bits per heavy atom. The van der Waals surface area contributed by atoms with Gasteiger partial charge in [0.15, 0.2) is 0 Å². The Balaban J connectivity index is 1.70. The van der Waals surface area contributed by atoms with E-state index >= 15 is 0 Å². The molecule has 4 aliphatic rings. The molecule has 0 spiro atoms. The van der Waals surface area contributed by atoms with Crippen LogP contribution >= 0.6 is 0 Å². The highest BCUT2D eigenvalue weighted by atomic mass is 16.2. The first kappa shape index (κ1) is 20.8. The van der Waals surface area contributed by atoms with Crippen molar-refractivity contribution in [1.82, 2.24) is 10.2 Å². The summed E-state index contributed by atoms with van der Waals surface area (Å²) >= 11 is 0. The van der Waals surface area contributed by atoms with Gasteiger partial charge in [-0.1, -0.05) is 26.2 Å².